The molecule has 16 heavy (non-hydrogen) atoms. The Labute approximate surface area is 95.7 Å². The molecule has 2 aromatic carbocycles. The number of hydrogen-bond donors (Lipinski definition) is 1. The zero-order valence-corrected chi connectivity index (χ0v) is 9.53. The summed E-state index contributed by atoms with van der Waals surface area (Å²) in [7, 11) is 0. The number of rotatable bonds is 2. The minimum absolute atomic E-state index is 0.726. The van der Waals surface area contributed by atoms with E-state index in [9.17, 15) is 0 Å². The fourth-order valence-electron chi connectivity index (χ4n) is 1.63. The minimum atomic E-state index is 0.726. The number of ether oxygens (including phenoxy) is 1. The molecule has 2 N–H and O–H groups in total. The van der Waals surface area contributed by atoms with E-state index in [1.165, 1.54) is 0 Å². The molecule has 2 nitrogen and oxygen atoms in total. The van der Waals surface area contributed by atoms with Crippen LogP contribution >= 0.6 is 0 Å². The van der Waals surface area contributed by atoms with E-state index in [4.69, 9.17) is 10.5 Å². The van der Waals surface area contributed by atoms with Crippen LogP contribution in [0.4, 0.5) is 5.69 Å². The smallest absolute Gasteiger partial charge is 0.130 e. The molecule has 0 aliphatic heterocycles. The molecule has 0 atom stereocenters. The Hall–Kier alpha value is -1.96. The number of hydrogen-bond acceptors (Lipinski definition) is 2. The van der Waals surface area contributed by atoms with Gasteiger partial charge in [-0.2, -0.15) is 0 Å². The fraction of sp³-hybridized carbons (Fsp3) is 0.143. The van der Waals surface area contributed by atoms with Gasteiger partial charge in [-0.05, 0) is 43.2 Å². The molecule has 0 radical (unpaired) electrons. The van der Waals surface area contributed by atoms with Crippen molar-refractivity contribution in [2.24, 2.45) is 0 Å². The molecule has 0 unspecified atom stereocenters. The van der Waals surface area contributed by atoms with Crippen molar-refractivity contribution in [1.29, 1.82) is 0 Å². The van der Waals surface area contributed by atoms with Gasteiger partial charge < -0.3 is 10.5 Å². The van der Waals surface area contributed by atoms with Crippen LogP contribution in [-0.4, -0.2) is 0 Å². The first-order valence-corrected chi connectivity index (χ1v) is 5.26. The second kappa shape index (κ2) is 4.27. The lowest BCUT2D eigenvalue weighted by Gasteiger charge is -2.09. The molecule has 2 aromatic rings. The Bertz CT molecular complexity index is 486. The first-order valence-electron chi connectivity index (χ1n) is 5.26. The molecule has 0 aliphatic carbocycles. The third kappa shape index (κ3) is 2.34. The summed E-state index contributed by atoms with van der Waals surface area (Å²) in [5.41, 5.74) is 8.71. The number of nitrogens with two attached hydrogens (primary N) is 1. The summed E-state index contributed by atoms with van der Waals surface area (Å²) in [6, 6.07) is 13.7. The molecule has 0 aliphatic rings. The van der Waals surface area contributed by atoms with Crippen molar-refractivity contribution in [2.45, 2.75) is 13.8 Å². The van der Waals surface area contributed by atoms with E-state index >= 15 is 0 Å². The largest absolute Gasteiger partial charge is 0.457 e. The highest BCUT2D eigenvalue weighted by Gasteiger charge is 2.01. The number of anilines is 1. The van der Waals surface area contributed by atoms with Crippen LogP contribution in [0.1, 0.15) is 11.1 Å². The van der Waals surface area contributed by atoms with Crippen molar-refractivity contribution in [2.75, 3.05) is 5.73 Å². The molecule has 0 spiro atoms. The number of aryl methyl sites for hydroxylation is 2. The van der Waals surface area contributed by atoms with E-state index in [-0.39, 0.29) is 0 Å². The third-order valence-corrected chi connectivity index (χ3v) is 2.39. The van der Waals surface area contributed by atoms with Gasteiger partial charge >= 0.3 is 0 Å². The van der Waals surface area contributed by atoms with Gasteiger partial charge in [0, 0.05) is 11.8 Å². The molecule has 2 rings (SSSR count). The second-order valence-corrected chi connectivity index (χ2v) is 3.95. The van der Waals surface area contributed by atoms with Gasteiger partial charge in [-0.15, -0.1) is 0 Å². The van der Waals surface area contributed by atoms with Crippen LogP contribution in [0.2, 0.25) is 0 Å². The lowest BCUT2D eigenvalue weighted by molar-refractivity contribution is 0.479. The monoisotopic (exact) mass is 213 g/mol. The summed E-state index contributed by atoms with van der Waals surface area (Å²) in [4.78, 5) is 0. The predicted molar refractivity (Wildman–Crippen MR) is 66.8 cm³/mol. The lowest BCUT2D eigenvalue weighted by Crippen LogP contribution is -1.91. The molecule has 0 fully saturated rings. The Morgan fingerprint density at radius 2 is 1.75 bits per heavy atom. The van der Waals surface area contributed by atoms with E-state index in [1.54, 1.807) is 0 Å². The van der Waals surface area contributed by atoms with E-state index in [1.807, 2.05) is 56.3 Å². The number of para-hydroxylation sites is 1. The highest BCUT2D eigenvalue weighted by Crippen LogP contribution is 2.26. The molecule has 0 bridgehead atoms. The number of benzene rings is 2. The Balaban J connectivity index is 2.30. The van der Waals surface area contributed by atoms with E-state index in [2.05, 4.69) is 0 Å². The summed E-state index contributed by atoms with van der Waals surface area (Å²) in [5.74, 6) is 1.65. The summed E-state index contributed by atoms with van der Waals surface area (Å²) in [6.45, 7) is 4.02. The first kappa shape index (κ1) is 10.6. The van der Waals surface area contributed by atoms with E-state index in [0.29, 0.717) is 0 Å². The minimum Gasteiger partial charge on any atom is -0.457 e. The summed E-state index contributed by atoms with van der Waals surface area (Å²) < 4.78 is 5.79. The summed E-state index contributed by atoms with van der Waals surface area (Å²) in [6.07, 6.45) is 0. The molecule has 0 saturated carbocycles. The van der Waals surface area contributed by atoms with Crippen LogP contribution in [0.3, 0.4) is 0 Å². The van der Waals surface area contributed by atoms with Crippen molar-refractivity contribution >= 4 is 5.69 Å². The van der Waals surface area contributed by atoms with Crippen LogP contribution < -0.4 is 10.5 Å². The maximum Gasteiger partial charge on any atom is 0.130 e. The van der Waals surface area contributed by atoms with Gasteiger partial charge in [0.2, 0.25) is 0 Å². The van der Waals surface area contributed by atoms with Crippen LogP contribution in [0, 0.1) is 13.8 Å². The molecule has 82 valence electrons. The summed E-state index contributed by atoms with van der Waals surface area (Å²) in [5, 5.41) is 0. The number of nitrogen functional groups attached to an aromatic ring is 1. The topological polar surface area (TPSA) is 35.2 Å². The summed E-state index contributed by atoms with van der Waals surface area (Å²) >= 11 is 0. The second-order valence-electron chi connectivity index (χ2n) is 3.95. The molecule has 2 heteroatoms. The predicted octanol–water partition coefficient (Wildman–Crippen LogP) is 3.68. The molecule has 0 amide bonds. The maximum absolute atomic E-state index is 5.79. The standard InChI is InChI=1S/C14H15NO/c1-10-7-12(15)9-13(8-10)16-14-6-4-3-5-11(14)2/h3-9H,15H2,1-2H3. The van der Waals surface area contributed by atoms with Crippen LogP contribution in [0.25, 0.3) is 0 Å². The quantitative estimate of drug-likeness (QED) is 0.772. The van der Waals surface area contributed by atoms with Crippen molar-refractivity contribution in [3.05, 3.63) is 53.6 Å². The van der Waals surface area contributed by atoms with Crippen molar-refractivity contribution < 1.29 is 4.74 Å². The van der Waals surface area contributed by atoms with Gasteiger partial charge in [-0.25, -0.2) is 0 Å². The molecular formula is C14H15NO. The van der Waals surface area contributed by atoms with Crippen LogP contribution in [0.15, 0.2) is 42.5 Å². The molecule has 0 aromatic heterocycles. The van der Waals surface area contributed by atoms with Gasteiger partial charge in [0.15, 0.2) is 0 Å². The van der Waals surface area contributed by atoms with Gasteiger partial charge in [0.1, 0.15) is 11.5 Å². The van der Waals surface area contributed by atoms with Gasteiger partial charge in [0.25, 0.3) is 0 Å². The SMILES string of the molecule is Cc1cc(N)cc(Oc2ccccc2C)c1. The average Bonchev–Trinajstić information content (AvgIpc) is 2.20. The molecule has 0 saturated heterocycles. The maximum atomic E-state index is 5.79. The lowest BCUT2D eigenvalue weighted by atomic mass is 10.2. The molecule has 0 heterocycles. The third-order valence-electron chi connectivity index (χ3n) is 2.39. The highest BCUT2D eigenvalue weighted by molar-refractivity contribution is 5.49. The zero-order valence-electron chi connectivity index (χ0n) is 9.53. The Kier molecular flexibility index (Phi) is 2.82. The first-order chi connectivity index (χ1) is 7.65. The van der Waals surface area contributed by atoms with Crippen molar-refractivity contribution in [1.82, 2.24) is 0 Å². The normalized spacial score (nSPS) is 10.1. The van der Waals surface area contributed by atoms with Gasteiger partial charge in [-0.3, -0.25) is 0 Å². The average molecular weight is 213 g/mol. The fourth-order valence-corrected chi connectivity index (χ4v) is 1.63. The molecular weight excluding hydrogens is 198 g/mol. The Morgan fingerprint density at radius 3 is 2.44 bits per heavy atom. The zero-order chi connectivity index (χ0) is 11.5. The van der Waals surface area contributed by atoms with Crippen LogP contribution in [0.5, 0.6) is 11.5 Å². The highest BCUT2D eigenvalue weighted by atomic mass is 16.5. The van der Waals surface area contributed by atoms with Crippen LogP contribution in [-0.2, 0) is 0 Å². The van der Waals surface area contributed by atoms with Gasteiger partial charge in [0.05, 0.1) is 0 Å². The van der Waals surface area contributed by atoms with Crippen molar-refractivity contribution in [3.63, 3.8) is 0 Å². The van der Waals surface area contributed by atoms with E-state index in [0.717, 1.165) is 28.3 Å². The van der Waals surface area contributed by atoms with Crippen molar-refractivity contribution in [3.8, 4) is 11.5 Å². The van der Waals surface area contributed by atoms with E-state index < -0.39 is 0 Å². The van der Waals surface area contributed by atoms with Gasteiger partial charge in [-0.1, -0.05) is 18.2 Å². The Morgan fingerprint density at radius 1 is 1.00 bits per heavy atom.